The number of urea groups is 1. The summed E-state index contributed by atoms with van der Waals surface area (Å²) in [6.45, 7) is 4.89. The number of carbonyl (C=O) groups is 1. The number of halogens is 1. The van der Waals surface area contributed by atoms with Crippen molar-refractivity contribution in [1.29, 1.82) is 0 Å². The van der Waals surface area contributed by atoms with Gasteiger partial charge in [0.1, 0.15) is 5.82 Å². The van der Waals surface area contributed by atoms with Crippen molar-refractivity contribution in [3.8, 4) is 11.4 Å². The molecule has 0 saturated carbocycles. The Hall–Kier alpha value is -3.16. The number of amides is 2. The molecule has 2 amide bonds. The van der Waals surface area contributed by atoms with Crippen LogP contribution in [0.15, 0.2) is 54.6 Å². The van der Waals surface area contributed by atoms with E-state index in [-0.39, 0.29) is 6.03 Å². The number of piperazine rings is 1. The Morgan fingerprint density at radius 1 is 0.939 bits per heavy atom. The number of benzene rings is 2. The highest BCUT2D eigenvalue weighted by Gasteiger charge is 2.29. The largest absolute Gasteiger partial charge is 0.354 e. The van der Waals surface area contributed by atoms with Crippen molar-refractivity contribution in [3.05, 3.63) is 70.9 Å². The van der Waals surface area contributed by atoms with Crippen LogP contribution in [0.1, 0.15) is 11.3 Å². The van der Waals surface area contributed by atoms with Crippen molar-refractivity contribution in [3.63, 3.8) is 0 Å². The van der Waals surface area contributed by atoms with Crippen molar-refractivity contribution >= 4 is 29.1 Å². The monoisotopic (exact) mass is 462 g/mol. The third-order valence-electron chi connectivity index (χ3n) is 6.26. The number of anilines is 2. The average Bonchev–Trinajstić information content (AvgIpc) is 2.85. The molecule has 7 nitrogen and oxygen atoms in total. The van der Waals surface area contributed by atoms with Crippen LogP contribution in [0.2, 0.25) is 5.02 Å². The van der Waals surface area contributed by atoms with E-state index >= 15 is 0 Å². The smallest absolute Gasteiger partial charge is 0.322 e. The molecular formula is C25H27ClN6O. The lowest BCUT2D eigenvalue weighted by atomic mass is 10.0. The highest BCUT2D eigenvalue weighted by atomic mass is 35.5. The lowest BCUT2D eigenvalue weighted by molar-refractivity contribution is 0.206. The van der Waals surface area contributed by atoms with Gasteiger partial charge in [-0.1, -0.05) is 41.9 Å². The maximum absolute atomic E-state index is 13.0. The molecular weight excluding hydrogens is 436 g/mol. The van der Waals surface area contributed by atoms with Gasteiger partial charge in [-0.05, 0) is 31.3 Å². The first kappa shape index (κ1) is 21.7. The molecule has 2 aromatic carbocycles. The molecule has 2 aliphatic heterocycles. The third-order valence-corrected chi connectivity index (χ3v) is 6.51. The van der Waals surface area contributed by atoms with Gasteiger partial charge in [0, 0.05) is 61.0 Å². The van der Waals surface area contributed by atoms with Crippen molar-refractivity contribution in [2.24, 2.45) is 0 Å². The normalized spacial score (nSPS) is 16.4. The fourth-order valence-electron chi connectivity index (χ4n) is 4.30. The van der Waals surface area contributed by atoms with E-state index in [0.29, 0.717) is 24.5 Å². The van der Waals surface area contributed by atoms with Crippen LogP contribution in [0, 0.1) is 0 Å². The molecule has 0 aliphatic carbocycles. The van der Waals surface area contributed by atoms with Gasteiger partial charge in [-0.15, -0.1) is 0 Å². The van der Waals surface area contributed by atoms with Crippen molar-refractivity contribution < 1.29 is 4.79 Å². The zero-order valence-corrected chi connectivity index (χ0v) is 19.4. The summed E-state index contributed by atoms with van der Waals surface area (Å²) >= 11 is 5.97. The van der Waals surface area contributed by atoms with Crippen LogP contribution in [-0.2, 0) is 13.0 Å². The molecule has 3 heterocycles. The fourth-order valence-corrected chi connectivity index (χ4v) is 4.43. The SMILES string of the molecule is CN1CCN(c2nc(-c3ccccc3)nc3c2CN(C(=O)Nc2ccc(Cl)cc2)CC3)CC1. The Balaban J connectivity index is 1.44. The van der Waals surface area contributed by atoms with Crippen LogP contribution in [0.3, 0.4) is 0 Å². The average molecular weight is 463 g/mol. The van der Waals surface area contributed by atoms with Gasteiger partial charge in [-0.2, -0.15) is 0 Å². The summed E-state index contributed by atoms with van der Waals surface area (Å²) in [6, 6.07) is 17.1. The summed E-state index contributed by atoms with van der Waals surface area (Å²) in [5, 5.41) is 3.62. The van der Waals surface area contributed by atoms with Crippen molar-refractivity contribution in [1.82, 2.24) is 19.8 Å². The van der Waals surface area contributed by atoms with Gasteiger partial charge in [0.2, 0.25) is 0 Å². The maximum atomic E-state index is 13.0. The van der Waals surface area contributed by atoms with Gasteiger partial charge in [0.25, 0.3) is 0 Å². The zero-order valence-electron chi connectivity index (χ0n) is 18.7. The van der Waals surface area contributed by atoms with E-state index in [4.69, 9.17) is 21.6 Å². The van der Waals surface area contributed by atoms with E-state index in [0.717, 1.165) is 60.3 Å². The molecule has 0 unspecified atom stereocenters. The molecule has 1 saturated heterocycles. The van der Waals surface area contributed by atoms with Crippen LogP contribution in [-0.4, -0.2) is 65.6 Å². The van der Waals surface area contributed by atoms with Gasteiger partial charge in [-0.25, -0.2) is 14.8 Å². The van der Waals surface area contributed by atoms with Crippen LogP contribution in [0.25, 0.3) is 11.4 Å². The number of likely N-dealkylation sites (N-methyl/N-ethyl adjacent to an activating group) is 1. The standard InChI is InChI=1S/C25H27ClN6O/c1-30-13-15-31(16-14-30)24-21-17-32(25(33)27-20-9-7-19(26)8-10-20)12-11-22(21)28-23(29-24)18-5-3-2-4-6-18/h2-10H,11-17H2,1H3,(H,27,33). The molecule has 5 rings (SSSR count). The van der Waals surface area contributed by atoms with Gasteiger partial charge >= 0.3 is 6.03 Å². The van der Waals surface area contributed by atoms with E-state index in [1.165, 1.54) is 0 Å². The Bertz CT molecular complexity index is 1130. The molecule has 8 heteroatoms. The number of rotatable bonds is 3. The van der Waals surface area contributed by atoms with E-state index < -0.39 is 0 Å². The fraction of sp³-hybridized carbons (Fsp3) is 0.320. The van der Waals surface area contributed by atoms with Crippen LogP contribution in [0.4, 0.5) is 16.3 Å². The molecule has 2 aliphatic rings. The molecule has 0 bridgehead atoms. The topological polar surface area (TPSA) is 64.6 Å². The minimum absolute atomic E-state index is 0.126. The van der Waals surface area contributed by atoms with Crippen molar-refractivity contribution in [2.45, 2.75) is 13.0 Å². The van der Waals surface area contributed by atoms with Crippen molar-refractivity contribution in [2.75, 3.05) is 50.0 Å². The van der Waals surface area contributed by atoms with Gasteiger partial charge in [-0.3, -0.25) is 0 Å². The zero-order chi connectivity index (χ0) is 22.8. The summed E-state index contributed by atoms with van der Waals surface area (Å²) in [5.74, 6) is 1.71. The summed E-state index contributed by atoms with van der Waals surface area (Å²) in [5.41, 5.74) is 3.83. The summed E-state index contributed by atoms with van der Waals surface area (Å²) in [4.78, 5) is 29.4. The Morgan fingerprint density at radius 3 is 2.39 bits per heavy atom. The molecule has 1 aromatic heterocycles. The quantitative estimate of drug-likeness (QED) is 0.633. The summed E-state index contributed by atoms with van der Waals surface area (Å²) < 4.78 is 0. The number of hydrogen-bond acceptors (Lipinski definition) is 5. The van der Waals surface area contributed by atoms with E-state index in [1.54, 1.807) is 12.1 Å². The number of carbonyl (C=O) groups excluding carboxylic acids is 1. The van der Waals surface area contributed by atoms with Crippen LogP contribution < -0.4 is 10.2 Å². The highest BCUT2D eigenvalue weighted by Crippen LogP contribution is 2.30. The first-order chi connectivity index (χ1) is 16.1. The molecule has 0 atom stereocenters. The van der Waals surface area contributed by atoms with E-state index in [1.807, 2.05) is 47.4 Å². The molecule has 3 aromatic rings. The minimum atomic E-state index is -0.126. The summed E-state index contributed by atoms with van der Waals surface area (Å²) in [6.07, 6.45) is 0.701. The molecule has 1 fully saturated rings. The van der Waals surface area contributed by atoms with Gasteiger partial charge in [0.05, 0.1) is 12.2 Å². The second kappa shape index (κ2) is 9.37. The molecule has 1 N–H and O–H groups in total. The number of nitrogens with zero attached hydrogens (tertiary/aromatic N) is 5. The Labute approximate surface area is 199 Å². The summed E-state index contributed by atoms with van der Waals surface area (Å²) in [7, 11) is 2.14. The first-order valence-electron chi connectivity index (χ1n) is 11.3. The number of hydrogen-bond donors (Lipinski definition) is 1. The number of fused-ring (bicyclic) bond motifs is 1. The second-order valence-corrected chi connectivity index (χ2v) is 9.00. The Morgan fingerprint density at radius 2 is 1.67 bits per heavy atom. The highest BCUT2D eigenvalue weighted by molar-refractivity contribution is 6.30. The van der Waals surface area contributed by atoms with Gasteiger partial charge < -0.3 is 20.0 Å². The first-order valence-corrected chi connectivity index (χ1v) is 11.6. The molecule has 170 valence electrons. The van der Waals surface area contributed by atoms with Crippen LogP contribution in [0.5, 0.6) is 0 Å². The Kier molecular flexibility index (Phi) is 6.15. The lowest BCUT2D eigenvalue weighted by Crippen LogP contribution is -2.46. The van der Waals surface area contributed by atoms with E-state index in [9.17, 15) is 4.79 Å². The third kappa shape index (κ3) is 4.79. The van der Waals surface area contributed by atoms with Gasteiger partial charge in [0.15, 0.2) is 5.82 Å². The predicted octanol–water partition coefficient (Wildman–Crippen LogP) is 4.14. The van der Waals surface area contributed by atoms with E-state index in [2.05, 4.69) is 22.2 Å². The lowest BCUT2D eigenvalue weighted by Gasteiger charge is -2.37. The minimum Gasteiger partial charge on any atom is -0.354 e. The molecule has 33 heavy (non-hydrogen) atoms. The molecule has 0 spiro atoms. The number of aromatic nitrogens is 2. The predicted molar refractivity (Wildman–Crippen MR) is 132 cm³/mol. The molecule has 0 radical (unpaired) electrons. The second-order valence-electron chi connectivity index (χ2n) is 8.56. The number of nitrogens with one attached hydrogen (secondary N) is 1. The van der Waals surface area contributed by atoms with Crippen LogP contribution >= 0.6 is 11.6 Å². The maximum Gasteiger partial charge on any atom is 0.322 e.